The first-order valence-corrected chi connectivity index (χ1v) is 6.78. The molecule has 0 fully saturated rings. The van der Waals surface area contributed by atoms with Gasteiger partial charge in [0.25, 0.3) is 0 Å². The Morgan fingerprint density at radius 2 is 2.15 bits per heavy atom. The van der Waals surface area contributed by atoms with Crippen molar-refractivity contribution >= 4 is 11.0 Å². The van der Waals surface area contributed by atoms with Crippen LogP contribution in [0.5, 0.6) is 0 Å². The summed E-state index contributed by atoms with van der Waals surface area (Å²) in [5.41, 5.74) is 2.20. The van der Waals surface area contributed by atoms with Gasteiger partial charge in [0.2, 0.25) is 6.39 Å². The van der Waals surface area contributed by atoms with Gasteiger partial charge in [-0.3, -0.25) is 0 Å². The second-order valence-electron chi connectivity index (χ2n) is 4.74. The van der Waals surface area contributed by atoms with Crippen LogP contribution in [0.2, 0.25) is 0 Å². The zero-order chi connectivity index (χ0) is 13.9. The summed E-state index contributed by atoms with van der Waals surface area (Å²) in [5, 5.41) is 8.34. The van der Waals surface area contributed by atoms with Crippen LogP contribution < -0.4 is 5.32 Å². The number of hydrogen-bond acceptors (Lipinski definition) is 5. The molecule has 0 radical (unpaired) electrons. The molecule has 2 aromatic heterocycles. The van der Waals surface area contributed by atoms with Crippen molar-refractivity contribution in [1.29, 1.82) is 0 Å². The van der Waals surface area contributed by atoms with Crippen molar-refractivity contribution in [1.82, 2.24) is 15.5 Å². The van der Waals surface area contributed by atoms with Gasteiger partial charge in [0.05, 0.1) is 12.6 Å². The highest BCUT2D eigenvalue weighted by Gasteiger charge is 2.18. The number of para-hydroxylation sites is 1. The molecule has 1 atom stereocenters. The lowest BCUT2D eigenvalue weighted by molar-refractivity contribution is 0.398. The number of nitrogens with zero attached hydrogens (tertiary/aromatic N) is 2. The molecule has 0 saturated carbocycles. The smallest absolute Gasteiger partial charge is 0.213 e. The van der Waals surface area contributed by atoms with E-state index in [-0.39, 0.29) is 6.04 Å². The molecule has 0 amide bonds. The molecule has 0 aliphatic rings. The Balaban J connectivity index is 1.85. The lowest BCUT2D eigenvalue weighted by Crippen LogP contribution is -2.19. The van der Waals surface area contributed by atoms with E-state index in [1.54, 1.807) is 0 Å². The van der Waals surface area contributed by atoms with E-state index in [1.165, 1.54) is 17.3 Å². The third-order valence-corrected chi connectivity index (χ3v) is 3.45. The SMILES string of the molecule is CCc1c(C(C)NCc2ncon2)oc2ccccc12. The monoisotopic (exact) mass is 271 g/mol. The molecule has 0 saturated heterocycles. The number of benzene rings is 1. The van der Waals surface area contributed by atoms with Gasteiger partial charge in [-0.05, 0) is 19.4 Å². The Morgan fingerprint density at radius 1 is 1.30 bits per heavy atom. The molecule has 3 rings (SSSR count). The van der Waals surface area contributed by atoms with Crippen LogP contribution in [-0.2, 0) is 13.0 Å². The van der Waals surface area contributed by atoms with Crippen molar-refractivity contribution in [3.05, 3.63) is 47.8 Å². The number of fused-ring (bicyclic) bond motifs is 1. The Labute approximate surface area is 117 Å². The average Bonchev–Trinajstić information content (AvgIpc) is 3.11. The van der Waals surface area contributed by atoms with Crippen molar-refractivity contribution in [3.63, 3.8) is 0 Å². The summed E-state index contributed by atoms with van der Waals surface area (Å²) in [7, 11) is 0. The zero-order valence-electron chi connectivity index (χ0n) is 11.6. The standard InChI is InChI=1S/C15H17N3O2/c1-3-11-12-6-4-5-7-13(12)20-15(11)10(2)16-8-14-17-9-19-18-14/h4-7,9-10,16H,3,8H2,1-2H3. The Morgan fingerprint density at radius 3 is 2.90 bits per heavy atom. The van der Waals surface area contributed by atoms with Crippen LogP contribution in [0.4, 0.5) is 0 Å². The molecule has 0 aliphatic heterocycles. The predicted molar refractivity (Wildman–Crippen MR) is 75.1 cm³/mol. The minimum Gasteiger partial charge on any atom is -0.459 e. The van der Waals surface area contributed by atoms with E-state index >= 15 is 0 Å². The van der Waals surface area contributed by atoms with E-state index in [1.807, 2.05) is 18.2 Å². The molecule has 104 valence electrons. The van der Waals surface area contributed by atoms with Crippen LogP contribution in [0.15, 0.2) is 39.6 Å². The molecule has 0 aliphatic carbocycles. The first-order valence-electron chi connectivity index (χ1n) is 6.78. The Bertz CT molecular complexity index is 688. The van der Waals surface area contributed by atoms with E-state index in [2.05, 4.69) is 35.4 Å². The highest BCUT2D eigenvalue weighted by atomic mass is 16.5. The third kappa shape index (κ3) is 2.32. The molecule has 5 nitrogen and oxygen atoms in total. The van der Waals surface area contributed by atoms with Crippen LogP contribution in [0.1, 0.15) is 37.0 Å². The normalized spacial score (nSPS) is 12.9. The minimum absolute atomic E-state index is 0.0934. The molecule has 1 unspecified atom stereocenters. The molecule has 3 aromatic rings. The van der Waals surface area contributed by atoms with Crippen molar-refractivity contribution in [2.45, 2.75) is 32.9 Å². The first kappa shape index (κ1) is 12.9. The Hall–Kier alpha value is -2.14. The fourth-order valence-electron chi connectivity index (χ4n) is 2.44. The quantitative estimate of drug-likeness (QED) is 0.771. The molecule has 1 aromatic carbocycles. The number of rotatable bonds is 5. The summed E-state index contributed by atoms with van der Waals surface area (Å²) in [5.74, 6) is 1.63. The van der Waals surface area contributed by atoms with Gasteiger partial charge in [0.1, 0.15) is 11.3 Å². The van der Waals surface area contributed by atoms with Crippen LogP contribution in [-0.4, -0.2) is 10.1 Å². The summed E-state index contributed by atoms with van der Waals surface area (Å²) >= 11 is 0. The van der Waals surface area contributed by atoms with Crippen molar-refractivity contribution in [2.75, 3.05) is 0 Å². The predicted octanol–water partition coefficient (Wildman–Crippen LogP) is 3.23. The first-order chi connectivity index (χ1) is 9.79. The number of furan rings is 1. The maximum atomic E-state index is 6.00. The molecule has 20 heavy (non-hydrogen) atoms. The highest BCUT2D eigenvalue weighted by molar-refractivity contribution is 5.82. The van der Waals surface area contributed by atoms with Gasteiger partial charge in [-0.1, -0.05) is 30.3 Å². The topological polar surface area (TPSA) is 64.1 Å². The number of aryl methyl sites for hydroxylation is 1. The van der Waals surface area contributed by atoms with E-state index in [0.717, 1.165) is 17.8 Å². The lowest BCUT2D eigenvalue weighted by atomic mass is 10.1. The van der Waals surface area contributed by atoms with E-state index < -0.39 is 0 Å². The summed E-state index contributed by atoms with van der Waals surface area (Å²) in [4.78, 5) is 4.00. The van der Waals surface area contributed by atoms with E-state index in [0.29, 0.717) is 12.4 Å². The van der Waals surface area contributed by atoms with Crippen molar-refractivity contribution in [2.24, 2.45) is 0 Å². The summed E-state index contributed by atoms with van der Waals surface area (Å²) < 4.78 is 10.7. The fraction of sp³-hybridized carbons (Fsp3) is 0.333. The van der Waals surface area contributed by atoms with Crippen LogP contribution >= 0.6 is 0 Å². The molecule has 0 bridgehead atoms. The fourth-order valence-corrected chi connectivity index (χ4v) is 2.44. The second-order valence-corrected chi connectivity index (χ2v) is 4.74. The van der Waals surface area contributed by atoms with Crippen LogP contribution in [0.3, 0.4) is 0 Å². The summed E-state index contributed by atoms with van der Waals surface area (Å²) in [6, 6.07) is 8.23. The maximum Gasteiger partial charge on any atom is 0.213 e. The van der Waals surface area contributed by atoms with Crippen LogP contribution in [0, 0.1) is 0 Å². The molecule has 5 heteroatoms. The summed E-state index contributed by atoms with van der Waals surface area (Å²) in [6.07, 6.45) is 2.28. The number of aromatic nitrogens is 2. The van der Waals surface area contributed by atoms with Crippen LogP contribution in [0.25, 0.3) is 11.0 Å². The van der Waals surface area contributed by atoms with Gasteiger partial charge >= 0.3 is 0 Å². The van der Waals surface area contributed by atoms with Gasteiger partial charge in [-0.15, -0.1) is 0 Å². The largest absolute Gasteiger partial charge is 0.459 e. The number of nitrogens with one attached hydrogen (secondary N) is 1. The van der Waals surface area contributed by atoms with E-state index in [9.17, 15) is 0 Å². The maximum absolute atomic E-state index is 6.00. The van der Waals surface area contributed by atoms with E-state index in [4.69, 9.17) is 8.94 Å². The van der Waals surface area contributed by atoms with Gasteiger partial charge < -0.3 is 14.3 Å². The third-order valence-electron chi connectivity index (χ3n) is 3.45. The summed E-state index contributed by atoms with van der Waals surface area (Å²) in [6.45, 7) is 4.78. The van der Waals surface area contributed by atoms with Gasteiger partial charge in [0, 0.05) is 10.9 Å². The highest BCUT2D eigenvalue weighted by Crippen LogP contribution is 2.30. The minimum atomic E-state index is 0.0934. The molecular weight excluding hydrogens is 254 g/mol. The molecule has 1 N–H and O–H groups in total. The Kier molecular flexibility index (Phi) is 3.52. The number of hydrogen-bond donors (Lipinski definition) is 1. The zero-order valence-corrected chi connectivity index (χ0v) is 11.6. The average molecular weight is 271 g/mol. The van der Waals surface area contributed by atoms with Gasteiger partial charge in [0.15, 0.2) is 5.82 Å². The molecular formula is C15H17N3O2. The molecule has 2 heterocycles. The van der Waals surface area contributed by atoms with Gasteiger partial charge in [-0.25, -0.2) is 0 Å². The van der Waals surface area contributed by atoms with Crippen molar-refractivity contribution in [3.8, 4) is 0 Å². The van der Waals surface area contributed by atoms with Gasteiger partial charge in [-0.2, -0.15) is 4.98 Å². The van der Waals surface area contributed by atoms with Crippen molar-refractivity contribution < 1.29 is 8.94 Å². The lowest BCUT2D eigenvalue weighted by Gasteiger charge is -2.11. The molecule has 0 spiro atoms. The second kappa shape index (κ2) is 5.46.